The first-order chi connectivity index (χ1) is 11.6. The highest BCUT2D eigenvalue weighted by Crippen LogP contribution is 2.40. The summed E-state index contributed by atoms with van der Waals surface area (Å²) in [7, 11) is 6.56. The number of imidazole rings is 1. The summed E-state index contributed by atoms with van der Waals surface area (Å²) in [6.07, 6.45) is 9.63. The first kappa shape index (κ1) is 16.6. The smallest absolute Gasteiger partial charge is 0.122 e. The number of piperidine rings is 1. The lowest BCUT2D eigenvalue weighted by Crippen LogP contribution is -2.48. The van der Waals surface area contributed by atoms with Crippen molar-refractivity contribution in [1.29, 1.82) is 0 Å². The number of hydrogen-bond acceptors (Lipinski definition) is 4. The maximum absolute atomic E-state index is 4.52. The molecule has 3 aliphatic rings. The third-order valence-electron chi connectivity index (χ3n) is 6.28. The lowest BCUT2D eigenvalue weighted by molar-refractivity contribution is 0.0864. The Hall–Kier alpha value is -0.910. The summed E-state index contributed by atoms with van der Waals surface area (Å²) in [4.78, 5) is 12.4. The van der Waals surface area contributed by atoms with E-state index < -0.39 is 0 Å². The second-order valence-electron chi connectivity index (χ2n) is 8.60. The minimum atomic E-state index is 0.767. The fraction of sp³-hybridized carbons (Fsp3) is 0.842. The minimum absolute atomic E-state index is 0.767. The molecular formula is C19H33N5. The van der Waals surface area contributed by atoms with Gasteiger partial charge in [0.15, 0.2) is 0 Å². The summed E-state index contributed by atoms with van der Waals surface area (Å²) in [5.74, 6) is 3.05. The highest BCUT2D eigenvalue weighted by molar-refractivity contribution is 5.01. The topological polar surface area (TPSA) is 27.5 Å². The van der Waals surface area contributed by atoms with Gasteiger partial charge in [0.1, 0.15) is 5.82 Å². The summed E-state index contributed by atoms with van der Waals surface area (Å²) in [6, 6.07) is 1.59. The van der Waals surface area contributed by atoms with Crippen LogP contribution in [0.3, 0.4) is 0 Å². The molecule has 0 amide bonds. The van der Waals surface area contributed by atoms with Crippen LogP contribution in [0.15, 0.2) is 12.4 Å². The zero-order chi connectivity index (χ0) is 16.7. The summed E-state index contributed by atoms with van der Waals surface area (Å²) in [5, 5.41) is 0. The summed E-state index contributed by atoms with van der Waals surface area (Å²) in [6.45, 7) is 6.07. The Morgan fingerprint density at radius 1 is 1.25 bits per heavy atom. The van der Waals surface area contributed by atoms with Crippen molar-refractivity contribution < 1.29 is 0 Å². The minimum Gasteiger partial charge on any atom is -0.337 e. The third-order valence-corrected chi connectivity index (χ3v) is 6.28. The van der Waals surface area contributed by atoms with Gasteiger partial charge in [-0.25, -0.2) is 4.98 Å². The molecule has 1 aromatic heterocycles. The molecule has 0 aromatic carbocycles. The number of hydrogen-bond donors (Lipinski definition) is 0. The first-order valence-electron chi connectivity index (χ1n) is 9.69. The largest absolute Gasteiger partial charge is 0.337 e. The molecule has 24 heavy (non-hydrogen) atoms. The summed E-state index contributed by atoms with van der Waals surface area (Å²) in [5.41, 5.74) is 0. The Balaban J connectivity index is 1.41. The second kappa shape index (κ2) is 6.77. The molecule has 2 aliphatic heterocycles. The molecule has 3 atom stereocenters. The van der Waals surface area contributed by atoms with Crippen LogP contribution in [-0.2, 0) is 13.6 Å². The van der Waals surface area contributed by atoms with E-state index in [0.29, 0.717) is 0 Å². The lowest BCUT2D eigenvalue weighted by Gasteiger charge is -2.39. The van der Waals surface area contributed by atoms with Gasteiger partial charge in [-0.05, 0) is 51.6 Å². The van der Waals surface area contributed by atoms with E-state index in [0.717, 1.165) is 30.5 Å². The molecule has 4 rings (SSSR count). The molecular weight excluding hydrogens is 298 g/mol. The van der Waals surface area contributed by atoms with Crippen LogP contribution in [0.2, 0.25) is 0 Å². The number of aryl methyl sites for hydroxylation is 1. The van der Waals surface area contributed by atoms with Gasteiger partial charge in [-0.15, -0.1) is 0 Å². The van der Waals surface area contributed by atoms with E-state index in [1.807, 2.05) is 6.20 Å². The monoisotopic (exact) mass is 331 g/mol. The average Bonchev–Trinajstić information content (AvgIpc) is 3.18. The normalized spacial score (nSPS) is 31.8. The lowest BCUT2D eigenvalue weighted by atomic mass is 9.92. The van der Waals surface area contributed by atoms with Gasteiger partial charge in [0.05, 0.1) is 6.54 Å². The molecule has 0 spiro atoms. The highest BCUT2D eigenvalue weighted by Gasteiger charge is 2.45. The van der Waals surface area contributed by atoms with Crippen molar-refractivity contribution in [2.24, 2.45) is 18.9 Å². The summed E-state index contributed by atoms with van der Waals surface area (Å²) >= 11 is 0. The Bertz CT molecular complexity index is 550. The maximum Gasteiger partial charge on any atom is 0.122 e. The number of likely N-dealkylation sites (tertiary alicyclic amines) is 2. The van der Waals surface area contributed by atoms with Gasteiger partial charge in [-0.3, -0.25) is 9.80 Å². The number of rotatable bonds is 6. The predicted molar refractivity (Wildman–Crippen MR) is 96.8 cm³/mol. The zero-order valence-electron chi connectivity index (χ0n) is 15.6. The van der Waals surface area contributed by atoms with Crippen LogP contribution in [-0.4, -0.2) is 76.6 Å². The maximum atomic E-state index is 4.52. The van der Waals surface area contributed by atoms with Crippen LogP contribution in [0.5, 0.6) is 0 Å². The van der Waals surface area contributed by atoms with E-state index in [1.165, 1.54) is 57.7 Å². The number of fused-ring (bicyclic) bond motifs is 1. The van der Waals surface area contributed by atoms with Crippen molar-refractivity contribution >= 4 is 0 Å². The van der Waals surface area contributed by atoms with Crippen molar-refractivity contribution in [2.75, 3.05) is 40.3 Å². The number of likely N-dealkylation sites (N-methyl/N-ethyl adjacent to an activating group) is 1. The van der Waals surface area contributed by atoms with E-state index in [4.69, 9.17) is 0 Å². The van der Waals surface area contributed by atoms with Gasteiger partial charge in [0.2, 0.25) is 0 Å². The van der Waals surface area contributed by atoms with E-state index in [9.17, 15) is 0 Å². The van der Waals surface area contributed by atoms with Crippen LogP contribution in [0, 0.1) is 11.8 Å². The van der Waals surface area contributed by atoms with Crippen LogP contribution >= 0.6 is 0 Å². The fourth-order valence-electron chi connectivity index (χ4n) is 4.90. The number of aromatic nitrogens is 2. The number of nitrogens with zero attached hydrogens (tertiary/aromatic N) is 5. The van der Waals surface area contributed by atoms with E-state index >= 15 is 0 Å². The van der Waals surface area contributed by atoms with Gasteiger partial charge < -0.3 is 9.47 Å². The van der Waals surface area contributed by atoms with Gasteiger partial charge in [0, 0.05) is 57.7 Å². The quantitative estimate of drug-likeness (QED) is 0.792. The van der Waals surface area contributed by atoms with Crippen molar-refractivity contribution in [3.05, 3.63) is 18.2 Å². The Morgan fingerprint density at radius 2 is 2.08 bits per heavy atom. The van der Waals surface area contributed by atoms with Crippen LogP contribution in [0.25, 0.3) is 0 Å². The molecule has 2 saturated heterocycles. The van der Waals surface area contributed by atoms with Gasteiger partial charge >= 0.3 is 0 Å². The molecule has 5 heteroatoms. The van der Waals surface area contributed by atoms with Crippen LogP contribution < -0.4 is 0 Å². The van der Waals surface area contributed by atoms with Crippen molar-refractivity contribution in [2.45, 2.75) is 44.3 Å². The van der Waals surface area contributed by atoms with Gasteiger partial charge in [0.25, 0.3) is 0 Å². The molecule has 0 radical (unpaired) electrons. The molecule has 134 valence electrons. The molecule has 1 aromatic rings. The molecule has 0 bridgehead atoms. The van der Waals surface area contributed by atoms with Crippen molar-refractivity contribution in [3.8, 4) is 0 Å². The Kier molecular flexibility index (Phi) is 4.67. The first-order valence-corrected chi connectivity index (χ1v) is 9.69. The standard InChI is InChI=1S/C19H33N5/c1-21(2)13-17-10-16-12-23(14-19-20-7-9-22(19)3)8-6-18(16)24(17)11-15-4-5-15/h7,9,15-18H,4-6,8,10-14H2,1-3H3/t16-,17+,18+/m1/s1. The van der Waals surface area contributed by atoms with E-state index in [-0.39, 0.29) is 0 Å². The molecule has 0 unspecified atom stereocenters. The Morgan fingerprint density at radius 3 is 2.75 bits per heavy atom. The fourth-order valence-corrected chi connectivity index (χ4v) is 4.90. The van der Waals surface area contributed by atoms with Crippen molar-refractivity contribution in [3.63, 3.8) is 0 Å². The SMILES string of the molecule is CN(C)C[C@@H]1C[C@@H]2CN(Cc3nccn3C)CC[C@@H]2N1CC1CC1. The molecule has 1 saturated carbocycles. The molecule has 3 fully saturated rings. The third kappa shape index (κ3) is 3.53. The molecule has 1 aliphatic carbocycles. The molecule has 5 nitrogen and oxygen atoms in total. The zero-order valence-corrected chi connectivity index (χ0v) is 15.6. The molecule has 0 N–H and O–H groups in total. The van der Waals surface area contributed by atoms with E-state index in [2.05, 4.69) is 51.6 Å². The van der Waals surface area contributed by atoms with Crippen molar-refractivity contribution in [1.82, 2.24) is 24.3 Å². The average molecular weight is 332 g/mol. The van der Waals surface area contributed by atoms with Crippen LogP contribution in [0.1, 0.15) is 31.5 Å². The Labute approximate surface area is 146 Å². The predicted octanol–water partition coefficient (Wildman–Crippen LogP) is 1.66. The second-order valence-corrected chi connectivity index (χ2v) is 8.60. The van der Waals surface area contributed by atoms with Gasteiger partial charge in [-0.2, -0.15) is 0 Å². The van der Waals surface area contributed by atoms with Gasteiger partial charge in [-0.1, -0.05) is 0 Å². The molecule has 3 heterocycles. The van der Waals surface area contributed by atoms with Crippen LogP contribution in [0.4, 0.5) is 0 Å². The van der Waals surface area contributed by atoms with E-state index in [1.54, 1.807) is 0 Å². The highest BCUT2D eigenvalue weighted by atomic mass is 15.3. The summed E-state index contributed by atoms with van der Waals surface area (Å²) < 4.78 is 2.16.